The van der Waals surface area contributed by atoms with Crippen LogP contribution >= 0.6 is 0 Å². The number of hydrogen-bond donors (Lipinski definition) is 2. The van der Waals surface area contributed by atoms with Crippen molar-refractivity contribution < 1.29 is 14.6 Å². The molecule has 1 fully saturated rings. The van der Waals surface area contributed by atoms with Crippen LogP contribution in [0.1, 0.15) is 18.4 Å². The van der Waals surface area contributed by atoms with E-state index < -0.39 is 0 Å². The second kappa shape index (κ2) is 7.43. The Morgan fingerprint density at radius 3 is 2.62 bits per heavy atom. The maximum atomic E-state index is 12.0. The lowest BCUT2D eigenvalue weighted by molar-refractivity contribution is 0.0502. The summed E-state index contributed by atoms with van der Waals surface area (Å²) in [5.74, 6) is 0. The molecule has 2 amide bonds. The Hall–Kier alpha value is -1.59. The van der Waals surface area contributed by atoms with E-state index in [0.29, 0.717) is 13.1 Å². The van der Waals surface area contributed by atoms with E-state index in [-0.39, 0.29) is 18.1 Å². The summed E-state index contributed by atoms with van der Waals surface area (Å²) in [6.07, 6.45) is 1.81. The molecule has 0 bridgehead atoms. The first kappa shape index (κ1) is 15.8. The van der Waals surface area contributed by atoms with Crippen molar-refractivity contribution in [1.82, 2.24) is 10.2 Å². The minimum Gasteiger partial charge on any atom is -0.395 e. The third-order valence-corrected chi connectivity index (χ3v) is 4.20. The molecule has 0 aliphatic carbocycles. The van der Waals surface area contributed by atoms with Gasteiger partial charge in [0.25, 0.3) is 0 Å². The first-order valence-corrected chi connectivity index (χ1v) is 7.41. The molecule has 1 aliphatic rings. The first-order chi connectivity index (χ1) is 10.2. The number of amides is 2. The number of rotatable bonds is 5. The van der Waals surface area contributed by atoms with Gasteiger partial charge in [0.15, 0.2) is 0 Å². The van der Waals surface area contributed by atoms with Crippen molar-refractivity contribution in [2.75, 3.05) is 40.0 Å². The number of aliphatic hydroxyl groups is 1. The number of benzene rings is 1. The van der Waals surface area contributed by atoms with Crippen LogP contribution in [-0.4, -0.2) is 56.0 Å². The van der Waals surface area contributed by atoms with E-state index in [0.717, 1.165) is 26.1 Å². The fourth-order valence-electron chi connectivity index (χ4n) is 2.75. The van der Waals surface area contributed by atoms with Crippen molar-refractivity contribution in [1.29, 1.82) is 0 Å². The maximum Gasteiger partial charge on any atom is 0.317 e. The molecule has 5 nitrogen and oxygen atoms in total. The van der Waals surface area contributed by atoms with Crippen LogP contribution in [0.5, 0.6) is 0 Å². The molecule has 5 heteroatoms. The standard InChI is InChI=1S/C16H24N2O3/c1-18(9-10-19)15(20)17-13-16(7-11-21-12-8-16)14-5-3-2-4-6-14/h2-6,19H,7-13H2,1H3,(H,17,20). The molecule has 21 heavy (non-hydrogen) atoms. The highest BCUT2D eigenvalue weighted by Gasteiger charge is 2.34. The zero-order valence-corrected chi connectivity index (χ0v) is 12.5. The van der Waals surface area contributed by atoms with Crippen molar-refractivity contribution in [2.45, 2.75) is 18.3 Å². The molecule has 1 heterocycles. The number of urea groups is 1. The van der Waals surface area contributed by atoms with Gasteiger partial charge in [0.2, 0.25) is 0 Å². The van der Waals surface area contributed by atoms with Crippen LogP contribution in [0.3, 0.4) is 0 Å². The molecule has 0 spiro atoms. The van der Waals surface area contributed by atoms with E-state index in [4.69, 9.17) is 9.84 Å². The molecule has 2 N–H and O–H groups in total. The number of carbonyl (C=O) groups excluding carboxylic acids is 1. The third kappa shape index (κ3) is 3.95. The molecule has 1 saturated heterocycles. The molecule has 1 aromatic rings. The summed E-state index contributed by atoms with van der Waals surface area (Å²) < 4.78 is 5.48. The normalized spacial score (nSPS) is 17.2. The highest BCUT2D eigenvalue weighted by molar-refractivity contribution is 5.74. The summed E-state index contributed by atoms with van der Waals surface area (Å²) in [6, 6.07) is 10.2. The summed E-state index contributed by atoms with van der Waals surface area (Å²) in [4.78, 5) is 13.5. The number of nitrogens with zero attached hydrogens (tertiary/aromatic N) is 1. The lowest BCUT2D eigenvalue weighted by Crippen LogP contribution is -2.48. The predicted octanol–water partition coefficient (Wildman–Crippen LogP) is 1.37. The first-order valence-electron chi connectivity index (χ1n) is 7.41. The quantitative estimate of drug-likeness (QED) is 0.861. The Labute approximate surface area is 125 Å². The van der Waals surface area contributed by atoms with E-state index in [9.17, 15) is 4.79 Å². The van der Waals surface area contributed by atoms with E-state index in [1.165, 1.54) is 10.5 Å². The van der Waals surface area contributed by atoms with Crippen molar-refractivity contribution in [3.63, 3.8) is 0 Å². The van der Waals surface area contributed by atoms with Crippen LogP contribution in [0, 0.1) is 0 Å². The van der Waals surface area contributed by atoms with Gasteiger partial charge in [-0.05, 0) is 18.4 Å². The fraction of sp³-hybridized carbons (Fsp3) is 0.562. The summed E-state index contributed by atoms with van der Waals surface area (Å²) in [5.41, 5.74) is 1.19. The SMILES string of the molecule is CN(CCO)C(=O)NCC1(c2ccccc2)CCOCC1. The van der Waals surface area contributed by atoms with Gasteiger partial charge < -0.3 is 20.1 Å². The Balaban J connectivity index is 2.06. The van der Waals surface area contributed by atoms with Gasteiger partial charge in [0.1, 0.15) is 0 Å². The number of ether oxygens (including phenoxy) is 1. The number of aliphatic hydroxyl groups excluding tert-OH is 1. The van der Waals surface area contributed by atoms with Gasteiger partial charge in [0.05, 0.1) is 6.61 Å². The molecule has 0 radical (unpaired) electrons. The summed E-state index contributed by atoms with van der Waals surface area (Å²) >= 11 is 0. The summed E-state index contributed by atoms with van der Waals surface area (Å²) in [6.45, 7) is 2.35. The monoisotopic (exact) mass is 292 g/mol. The van der Waals surface area contributed by atoms with Gasteiger partial charge in [-0.2, -0.15) is 0 Å². The van der Waals surface area contributed by atoms with Crippen LogP contribution in [-0.2, 0) is 10.2 Å². The second-order valence-corrected chi connectivity index (χ2v) is 5.56. The maximum absolute atomic E-state index is 12.0. The molecule has 0 atom stereocenters. The van der Waals surface area contributed by atoms with Crippen LogP contribution in [0.2, 0.25) is 0 Å². The van der Waals surface area contributed by atoms with Gasteiger partial charge >= 0.3 is 6.03 Å². The molecule has 0 aromatic heterocycles. The smallest absolute Gasteiger partial charge is 0.317 e. The topological polar surface area (TPSA) is 61.8 Å². The van der Waals surface area contributed by atoms with Crippen molar-refractivity contribution in [3.8, 4) is 0 Å². The van der Waals surface area contributed by atoms with E-state index >= 15 is 0 Å². The van der Waals surface area contributed by atoms with Gasteiger partial charge in [-0.15, -0.1) is 0 Å². The number of hydrogen-bond acceptors (Lipinski definition) is 3. The Morgan fingerprint density at radius 1 is 1.33 bits per heavy atom. The number of nitrogens with one attached hydrogen (secondary N) is 1. The zero-order chi connectivity index (χ0) is 15.1. The van der Waals surface area contributed by atoms with Gasteiger partial charge in [-0.3, -0.25) is 0 Å². The van der Waals surface area contributed by atoms with Crippen LogP contribution in [0.25, 0.3) is 0 Å². The lowest BCUT2D eigenvalue weighted by atomic mass is 9.74. The molecule has 1 aromatic carbocycles. The molecular weight excluding hydrogens is 268 g/mol. The average Bonchev–Trinajstić information content (AvgIpc) is 2.54. The van der Waals surface area contributed by atoms with E-state index in [2.05, 4.69) is 17.4 Å². The average molecular weight is 292 g/mol. The Morgan fingerprint density at radius 2 is 2.00 bits per heavy atom. The number of carbonyl (C=O) groups is 1. The minimum atomic E-state index is -0.147. The molecule has 2 rings (SSSR count). The largest absolute Gasteiger partial charge is 0.395 e. The molecule has 116 valence electrons. The van der Waals surface area contributed by atoms with Gasteiger partial charge in [-0.1, -0.05) is 30.3 Å². The molecule has 0 unspecified atom stereocenters. The van der Waals surface area contributed by atoms with Crippen LogP contribution in [0.4, 0.5) is 4.79 Å². The fourth-order valence-corrected chi connectivity index (χ4v) is 2.75. The lowest BCUT2D eigenvalue weighted by Gasteiger charge is -2.38. The van der Waals surface area contributed by atoms with E-state index in [1.54, 1.807) is 7.05 Å². The molecule has 0 saturated carbocycles. The predicted molar refractivity (Wildman–Crippen MR) is 81.3 cm³/mol. The number of likely N-dealkylation sites (N-methyl/N-ethyl adjacent to an activating group) is 1. The van der Waals surface area contributed by atoms with Crippen LogP contribution in [0.15, 0.2) is 30.3 Å². The highest BCUT2D eigenvalue weighted by Crippen LogP contribution is 2.34. The van der Waals surface area contributed by atoms with Crippen molar-refractivity contribution in [2.24, 2.45) is 0 Å². The van der Waals surface area contributed by atoms with Gasteiger partial charge in [-0.25, -0.2) is 4.79 Å². The third-order valence-electron chi connectivity index (χ3n) is 4.20. The minimum absolute atomic E-state index is 0.0262. The molecule has 1 aliphatic heterocycles. The van der Waals surface area contributed by atoms with Gasteiger partial charge in [0, 0.05) is 38.8 Å². The Bertz CT molecular complexity index is 444. The summed E-state index contributed by atoms with van der Waals surface area (Å²) in [7, 11) is 1.69. The van der Waals surface area contributed by atoms with Crippen molar-refractivity contribution >= 4 is 6.03 Å². The second-order valence-electron chi connectivity index (χ2n) is 5.56. The Kier molecular flexibility index (Phi) is 5.59. The zero-order valence-electron chi connectivity index (χ0n) is 12.5. The van der Waals surface area contributed by atoms with Crippen molar-refractivity contribution in [3.05, 3.63) is 35.9 Å². The van der Waals surface area contributed by atoms with Crippen LogP contribution < -0.4 is 5.32 Å². The molecular formula is C16H24N2O3. The highest BCUT2D eigenvalue weighted by atomic mass is 16.5. The summed E-state index contributed by atoms with van der Waals surface area (Å²) in [5, 5.41) is 11.9. The van der Waals surface area contributed by atoms with E-state index in [1.807, 2.05) is 18.2 Å².